The minimum Gasteiger partial charge on any atom is -0.354 e. The van der Waals surface area contributed by atoms with Crippen molar-refractivity contribution >= 4 is 46.8 Å². The van der Waals surface area contributed by atoms with Crippen LogP contribution in [0.3, 0.4) is 0 Å². The Labute approximate surface area is 222 Å². The smallest absolute Gasteiger partial charge is 0.243 e. The molecule has 0 fully saturated rings. The van der Waals surface area contributed by atoms with Crippen molar-refractivity contribution in [2.24, 2.45) is 0 Å². The highest BCUT2D eigenvalue weighted by atomic mass is 35.5. The molecule has 0 aliphatic rings. The second kappa shape index (κ2) is 14.2. The number of halogens is 2. The summed E-state index contributed by atoms with van der Waals surface area (Å²) in [6.07, 6.45) is 1.23. The summed E-state index contributed by atoms with van der Waals surface area (Å²) in [5.41, 5.74) is 2.89. The van der Waals surface area contributed by atoms with Gasteiger partial charge >= 0.3 is 0 Å². The zero-order chi connectivity index (χ0) is 25.0. The molecule has 1 N–H and O–H groups in total. The Hall–Kier alpha value is -2.47. The standard InChI is InChI=1S/C28H30Cl2N2O2S/c1-2-15-31-28(34)26(16-21-9-5-3-6-10-21)32(18-23-13-14-24(29)17-25(23)30)27(33)20-35-19-22-11-7-4-8-12-22/h3-14,17,26H,2,15-16,18-20H2,1H3,(H,31,34). The predicted molar refractivity (Wildman–Crippen MR) is 147 cm³/mol. The zero-order valence-electron chi connectivity index (χ0n) is 19.8. The number of nitrogens with one attached hydrogen (secondary N) is 1. The van der Waals surface area contributed by atoms with Crippen LogP contribution in [0.4, 0.5) is 0 Å². The fourth-order valence-corrected chi connectivity index (χ4v) is 5.01. The molecule has 0 bridgehead atoms. The Bertz CT molecular complexity index is 1100. The van der Waals surface area contributed by atoms with Gasteiger partial charge in [0, 0.05) is 35.3 Å². The molecule has 184 valence electrons. The number of nitrogens with zero attached hydrogens (tertiary/aromatic N) is 1. The summed E-state index contributed by atoms with van der Waals surface area (Å²) in [5, 5.41) is 3.98. The van der Waals surface area contributed by atoms with Crippen molar-refractivity contribution < 1.29 is 9.59 Å². The van der Waals surface area contributed by atoms with Crippen molar-refractivity contribution in [2.75, 3.05) is 12.3 Å². The number of hydrogen-bond acceptors (Lipinski definition) is 3. The van der Waals surface area contributed by atoms with Crippen molar-refractivity contribution in [2.45, 2.75) is 38.1 Å². The molecule has 3 rings (SSSR count). The largest absolute Gasteiger partial charge is 0.354 e. The van der Waals surface area contributed by atoms with E-state index in [4.69, 9.17) is 23.2 Å². The number of thioether (sulfide) groups is 1. The van der Waals surface area contributed by atoms with Gasteiger partial charge in [0.2, 0.25) is 11.8 Å². The lowest BCUT2D eigenvalue weighted by atomic mass is 10.0. The van der Waals surface area contributed by atoms with Gasteiger partial charge in [-0.15, -0.1) is 11.8 Å². The number of amides is 2. The van der Waals surface area contributed by atoms with Crippen molar-refractivity contribution in [1.29, 1.82) is 0 Å². The summed E-state index contributed by atoms with van der Waals surface area (Å²) in [6.45, 7) is 2.78. The zero-order valence-corrected chi connectivity index (χ0v) is 22.1. The maximum absolute atomic E-state index is 13.6. The highest BCUT2D eigenvalue weighted by Crippen LogP contribution is 2.25. The van der Waals surface area contributed by atoms with Crippen LogP contribution in [0.5, 0.6) is 0 Å². The molecule has 0 spiro atoms. The van der Waals surface area contributed by atoms with Crippen molar-refractivity contribution in [1.82, 2.24) is 10.2 Å². The van der Waals surface area contributed by atoms with Crippen LogP contribution in [0.25, 0.3) is 0 Å². The molecule has 0 aliphatic heterocycles. The lowest BCUT2D eigenvalue weighted by molar-refractivity contribution is -0.139. The molecule has 0 heterocycles. The van der Waals surface area contributed by atoms with Gasteiger partial charge in [-0.3, -0.25) is 9.59 Å². The quantitative estimate of drug-likeness (QED) is 0.296. The highest BCUT2D eigenvalue weighted by Gasteiger charge is 2.30. The molecule has 4 nitrogen and oxygen atoms in total. The molecule has 7 heteroatoms. The number of hydrogen-bond donors (Lipinski definition) is 1. The summed E-state index contributed by atoms with van der Waals surface area (Å²) >= 11 is 14.1. The molecular formula is C28H30Cl2N2O2S. The van der Waals surface area contributed by atoms with Crippen molar-refractivity contribution in [3.63, 3.8) is 0 Å². The molecule has 35 heavy (non-hydrogen) atoms. The maximum atomic E-state index is 13.6. The monoisotopic (exact) mass is 528 g/mol. The third-order valence-electron chi connectivity index (χ3n) is 5.51. The molecule has 1 unspecified atom stereocenters. The fraction of sp³-hybridized carbons (Fsp3) is 0.286. The normalized spacial score (nSPS) is 11.6. The third kappa shape index (κ3) is 8.60. The Kier molecular flexibility index (Phi) is 11.0. The van der Waals surface area contributed by atoms with Crippen LogP contribution in [-0.2, 0) is 28.3 Å². The molecule has 2 amide bonds. The second-order valence-electron chi connectivity index (χ2n) is 8.23. The van der Waals surface area contributed by atoms with Crippen LogP contribution in [-0.4, -0.2) is 35.1 Å². The molecular weight excluding hydrogens is 499 g/mol. The topological polar surface area (TPSA) is 49.4 Å². The first kappa shape index (κ1) is 27.1. The first-order chi connectivity index (χ1) is 17.0. The first-order valence-electron chi connectivity index (χ1n) is 11.6. The van der Waals surface area contributed by atoms with Crippen LogP contribution in [0.2, 0.25) is 10.0 Å². The molecule has 0 aliphatic carbocycles. The van der Waals surface area contributed by atoms with Gasteiger partial charge < -0.3 is 10.2 Å². The number of carbonyl (C=O) groups is 2. The lowest BCUT2D eigenvalue weighted by Crippen LogP contribution is -2.51. The van der Waals surface area contributed by atoms with E-state index in [1.54, 1.807) is 17.0 Å². The Morgan fingerprint density at radius 2 is 1.60 bits per heavy atom. The van der Waals surface area contributed by atoms with E-state index in [1.165, 1.54) is 11.8 Å². The van der Waals surface area contributed by atoms with Gasteiger partial charge in [-0.2, -0.15) is 0 Å². The molecule has 1 atom stereocenters. The maximum Gasteiger partial charge on any atom is 0.243 e. The fourth-order valence-electron chi connectivity index (χ4n) is 3.67. The van der Waals surface area contributed by atoms with Gasteiger partial charge in [0.1, 0.15) is 6.04 Å². The van der Waals surface area contributed by atoms with Gasteiger partial charge in [0.25, 0.3) is 0 Å². The predicted octanol–water partition coefficient (Wildman–Crippen LogP) is 6.39. The van der Waals surface area contributed by atoms with Crippen molar-refractivity contribution in [3.8, 4) is 0 Å². The SMILES string of the molecule is CCCNC(=O)C(Cc1ccccc1)N(Cc1ccc(Cl)cc1Cl)C(=O)CSCc1ccccc1. The number of carbonyl (C=O) groups excluding carboxylic acids is 2. The molecule has 3 aromatic rings. The third-order valence-corrected chi connectivity index (χ3v) is 7.09. The van der Waals surface area contributed by atoms with Gasteiger partial charge in [-0.25, -0.2) is 0 Å². The minimum absolute atomic E-state index is 0.107. The molecule has 0 aromatic heterocycles. The number of benzene rings is 3. The van der Waals surface area contributed by atoms with Gasteiger partial charge in [-0.05, 0) is 35.2 Å². The summed E-state index contributed by atoms with van der Waals surface area (Å²) in [6, 6.07) is 24.3. The van der Waals surface area contributed by atoms with E-state index in [0.717, 1.165) is 23.1 Å². The molecule has 3 aromatic carbocycles. The van der Waals surface area contributed by atoms with Gasteiger partial charge in [0.05, 0.1) is 5.75 Å². The van der Waals surface area contributed by atoms with Crippen LogP contribution >= 0.6 is 35.0 Å². The Morgan fingerprint density at radius 3 is 2.23 bits per heavy atom. The summed E-state index contributed by atoms with van der Waals surface area (Å²) in [7, 11) is 0. The van der Waals surface area contributed by atoms with Gasteiger partial charge in [-0.1, -0.05) is 96.9 Å². The van der Waals surface area contributed by atoms with Crippen LogP contribution < -0.4 is 5.32 Å². The van der Waals surface area contributed by atoms with Crippen molar-refractivity contribution in [3.05, 3.63) is 106 Å². The van der Waals surface area contributed by atoms with E-state index in [0.29, 0.717) is 28.8 Å². The summed E-state index contributed by atoms with van der Waals surface area (Å²) in [4.78, 5) is 28.6. The van der Waals surface area contributed by atoms with E-state index in [2.05, 4.69) is 5.32 Å². The van der Waals surface area contributed by atoms with Crippen LogP contribution in [0.1, 0.15) is 30.0 Å². The summed E-state index contributed by atoms with van der Waals surface area (Å²) in [5.74, 6) is 0.701. The molecule has 0 saturated carbocycles. The molecule has 0 saturated heterocycles. The average Bonchev–Trinajstić information content (AvgIpc) is 2.87. The Balaban J connectivity index is 1.86. The minimum atomic E-state index is -0.666. The second-order valence-corrected chi connectivity index (χ2v) is 10.1. The number of rotatable bonds is 12. The summed E-state index contributed by atoms with van der Waals surface area (Å²) < 4.78 is 0. The van der Waals surface area contributed by atoms with E-state index in [9.17, 15) is 9.59 Å². The van der Waals surface area contributed by atoms with E-state index >= 15 is 0 Å². The van der Waals surface area contributed by atoms with E-state index < -0.39 is 6.04 Å². The first-order valence-corrected chi connectivity index (χ1v) is 13.6. The average molecular weight is 530 g/mol. The van der Waals surface area contributed by atoms with Crippen LogP contribution in [0.15, 0.2) is 78.9 Å². The lowest BCUT2D eigenvalue weighted by Gasteiger charge is -2.32. The molecule has 0 radical (unpaired) electrons. The van der Waals surface area contributed by atoms with E-state index in [1.807, 2.05) is 73.7 Å². The Morgan fingerprint density at radius 1 is 0.943 bits per heavy atom. The van der Waals surface area contributed by atoms with Gasteiger partial charge in [0.15, 0.2) is 0 Å². The van der Waals surface area contributed by atoms with E-state index in [-0.39, 0.29) is 24.1 Å². The highest BCUT2D eigenvalue weighted by molar-refractivity contribution is 7.99. The van der Waals surface area contributed by atoms with Crippen LogP contribution in [0, 0.1) is 0 Å².